The van der Waals surface area contributed by atoms with Crippen LogP contribution in [0.25, 0.3) is 16.3 Å². The predicted molar refractivity (Wildman–Crippen MR) is 125 cm³/mol. The van der Waals surface area contributed by atoms with Gasteiger partial charge in [-0.25, -0.2) is 26.2 Å². The minimum Gasteiger partial charge on any atom is -0.280 e. The van der Waals surface area contributed by atoms with Crippen molar-refractivity contribution in [1.82, 2.24) is 14.5 Å². The highest BCUT2D eigenvalue weighted by Gasteiger charge is 2.25. The summed E-state index contributed by atoms with van der Waals surface area (Å²) in [5.74, 6) is -0.726. The van der Waals surface area contributed by atoms with E-state index in [0.717, 1.165) is 6.92 Å². The number of amides is 1. The Morgan fingerprint density at radius 2 is 1.61 bits per heavy atom. The molecule has 0 radical (unpaired) electrons. The Morgan fingerprint density at radius 3 is 2.21 bits per heavy atom. The number of thiophene rings is 1. The van der Waals surface area contributed by atoms with Crippen LogP contribution in [0, 0.1) is 0 Å². The van der Waals surface area contributed by atoms with E-state index in [0.29, 0.717) is 16.3 Å². The second-order valence-electron chi connectivity index (χ2n) is 6.89. The Balaban J connectivity index is 1.69. The number of para-hydroxylation sites is 1. The van der Waals surface area contributed by atoms with E-state index < -0.39 is 26.0 Å². The Labute approximate surface area is 194 Å². The number of carbonyl (C=O) groups is 1. The summed E-state index contributed by atoms with van der Waals surface area (Å²) in [7, 11) is -8.09. The normalized spacial score (nSPS) is 11.8. The van der Waals surface area contributed by atoms with Gasteiger partial charge in [-0.1, -0.05) is 24.3 Å². The molecule has 9 nitrogen and oxygen atoms in total. The maximum absolute atomic E-state index is 13.3. The van der Waals surface area contributed by atoms with Crippen LogP contribution in [0.1, 0.15) is 6.92 Å². The molecule has 0 unspecified atom stereocenters. The second-order valence-corrected chi connectivity index (χ2v) is 11.2. The van der Waals surface area contributed by atoms with Crippen molar-refractivity contribution in [3.63, 3.8) is 0 Å². The molecule has 1 amide bonds. The zero-order valence-electron chi connectivity index (χ0n) is 17.2. The van der Waals surface area contributed by atoms with Gasteiger partial charge >= 0.3 is 0 Å². The molecular weight excluding hydrogens is 484 g/mol. The van der Waals surface area contributed by atoms with Gasteiger partial charge in [-0.05, 0) is 47.8 Å². The molecule has 0 saturated heterocycles. The smallest absolute Gasteiger partial charge is 0.265 e. The zero-order valence-corrected chi connectivity index (χ0v) is 19.6. The van der Waals surface area contributed by atoms with E-state index in [1.807, 2.05) is 40.4 Å². The van der Waals surface area contributed by atoms with Crippen LogP contribution in [0.15, 0.2) is 88.1 Å². The second kappa shape index (κ2) is 8.81. The molecule has 0 aliphatic heterocycles. The fraction of sp³-hybridized carbons (Fsp3) is 0.0476. The number of benzene rings is 2. The van der Waals surface area contributed by atoms with Crippen LogP contribution in [0.4, 0.5) is 5.69 Å². The van der Waals surface area contributed by atoms with Gasteiger partial charge < -0.3 is 0 Å². The fourth-order valence-corrected chi connectivity index (χ4v) is 5.99. The highest BCUT2D eigenvalue weighted by Crippen LogP contribution is 2.31. The average molecular weight is 503 g/mol. The number of hydrogen-bond donors (Lipinski definition) is 2. The number of rotatable bonds is 7. The summed E-state index contributed by atoms with van der Waals surface area (Å²) >= 11 is 1.36. The summed E-state index contributed by atoms with van der Waals surface area (Å²) in [5, 5.41) is 6.32. The first-order chi connectivity index (χ1) is 15.7. The van der Waals surface area contributed by atoms with E-state index in [1.54, 1.807) is 12.1 Å². The summed E-state index contributed by atoms with van der Waals surface area (Å²) in [6.07, 6.45) is 1.43. The van der Waals surface area contributed by atoms with Gasteiger partial charge in [0, 0.05) is 12.6 Å². The highest BCUT2D eigenvalue weighted by atomic mass is 32.2. The van der Waals surface area contributed by atoms with Gasteiger partial charge in [0.05, 0.1) is 21.7 Å². The SMILES string of the molecule is CC(=O)NS(=O)(=O)c1ccc(NS(=O)(=O)c2cn(-c3ccccc3)nc2-c2cccs2)cc1. The van der Waals surface area contributed by atoms with E-state index in [9.17, 15) is 21.6 Å². The van der Waals surface area contributed by atoms with Crippen molar-refractivity contribution in [3.8, 4) is 16.3 Å². The molecule has 4 aromatic rings. The minimum absolute atomic E-state index is 0.0243. The molecular formula is C21H18N4O5S3. The summed E-state index contributed by atoms with van der Waals surface area (Å²) in [4.78, 5) is 11.6. The Kier molecular flexibility index (Phi) is 6.06. The first kappa shape index (κ1) is 22.7. The zero-order chi connectivity index (χ0) is 23.6. The number of nitrogens with one attached hydrogen (secondary N) is 2. The molecule has 12 heteroatoms. The predicted octanol–water partition coefficient (Wildman–Crippen LogP) is 3.23. The van der Waals surface area contributed by atoms with Crippen LogP contribution in [0.5, 0.6) is 0 Å². The topological polar surface area (TPSA) is 127 Å². The summed E-state index contributed by atoms with van der Waals surface area (Å²) in [5.41, 5.74) is 1.15. The Hall–Kier alpha value is -3.48. The first-order valence-electron chi connectivity index (χ1n) is 9.51. The molecule has 0 atom stereocenters. The van der Waals surface area contributed by atoms with Gasteiger partial charge in [0.2, 0.25) is 5.91 Å². The first-order valence-corrected chi connectivity index (χ1v) is 13.4. The van der Waals surface area contributed by atoms with Gasteiger partial charge in [0.25, 0.3) is 20.0 Å². The molecule has 0 fully saturated rings. The third-order valence-corrected chi connectivity index (χ3v) is 8.15. The molecule has 0 saturated carbocycles. The largest absolute Gasteiger partial charge is 0.280 e. The molecule has 33 heavy (non-hydrogen) atoms. The minimum atomic E-state index is -4.07. The molecule has 2 aromatic carbocycles. The molecule has 0 bridgehead atoms. The Morgan fingerprint density at radius 1 is 0.909 bits per heavy atom. The van der Waals surface area contributed by atoms with Crippen molar-refractivity contribution >= 4 is 43.0 Å². The average Bonchev–Trinajstić information content (AvgIpc) is 3.44. The van der Waals surface area contributed by atoms with Gasteiger partial charge in [0.1, 0.15) is 10.6 Å². The lowest BCUT2D eigenvalue weighted by molar-refractivity contribution is -0.117. The van der Waals surface area contributed by atoms with E-state index in [4.69, 9.17) is 0 Å². The fourth-order valence-electron chi connectivity index (χ4n) is 3.01. The molecule has 2 N–H and O–H groups in total. The third-order valence-electron chi connectivity index (χ3n) is 4.44. The van der Waals surface area contributed by atoms with Crippen LogP contribution in [0.3, 0.4) is 0 Å². The molecule has 0 spiro atoms. The van der Waals surface area contributed by atoms with E-state index in [1.165, 1.54) is 46.5 Å². The van der Waals surface area contributed by atoms with Crippen molar-refractivity contribution in [1.29, 1.82) is 0 Å². The summed E-state index contributed by atoms with van der Waals surface area (Å²) in [6.45, 7) is 1.08. The quantitative estimate of drug-likeness (QED) is 0.399. The maximum Gasteiger partial charge on any atom is 0.265 e. The summed E-state index contributed by atoms with van der Waals surface area (Å²) < 4.78 is 56.5. The van der Waals surface area contributed by atoms with Gasteiger partial charge in [0.15, 0.2) is 0 Å². The highest BCUT2D eigenvalue weighted by molar-refractivity contribution is 7.93. The molecule has 4 rings (SSSR count). The number of anilines is 1. The number of aromatic nitrogens is 2. The van der Waals surface area contributed by atoms with Crippen molar-refractivity contribution < 1.29 is 21.6 Å². The maximum atomic E-state index is 13.3. The van der Waals surface area contributed by atoms with Gasteiger partial charge in [-0.2, -0.15) is 5.10 Å². The lowest BCUT2D eigenvalue weighted by Gasteiger charge is -2.09. The molecule has 2 aromatic heterocycles. The summed E-state index contributed by atoms with van der Waals surface area (Å²) in [6, 6.07) is 17.7. The van der Waals surface area contributed by atoms with E-state index >= 15 is 0 Å². The van der Waals surface area contributed by atoms with E-state index in [-0.39, 0.29) is 15.5 Å². The van der Waals surface area contributed by atoms with Crippen LogP contribution >= 0.6 is 11.3 Å². The third kappa shape index (κ3) is 4.97. The monoisotopic (exact) mass is 502 g/mol. The van der Waals surface area contributed by atoms with Crippen molar-refractivity contribution in [3.05, 3.63) is 78.3 Å². The van der Waals surface area contributed by atoms with Crippen LogP contribution < -0.4 is 9.44 Å². The van der Waals surface area contributed by atoms with Crippen molar-refractivity contribution in [2.75, 3.05) is 4.72 Å². The number of carbonyl (C=O) groups excluding carboxylic acids is 1. The van der Waals surface area contributed by atoms with Gasteiger partial charge in [-0.15, -0.1) is 11.3 Å². The van der Waals surface area contributed by atoms with Crippen LogP contribution in [-0.2, 0) is 24.8 Å². The number of sulfonamides is 2. The lowest BCUT2D eigenvalue weighted by atomic mass is 10.3. The Bertz CT molecular complexity index is 1490. The lowest BCUT2D eigenvalue weighted by Crippen LogP contribution is -2.28. The molecule has 0 aliphatic rings. The van der Waals surface area contributed by atoms with Crippen molar-refractivity contribution in [2.24, 2.45) is 0 Å². The molecule has 0 aliphatic carbocycles. The van der Waals surface area contributed by atoms with Crippen LogP contribution in [0.2, 0.25) is 0 Å². The number of nitrogens with zero attached hydrogens (tertiary/aromatic N) is 2. The standard InChI is InChI=1S/C21H18N4O5S3/c1-15(26)23-32(27,28)18-11-9-16(10-12-18)24-33(29,30)20-14-25(17-6-3-2-4-7-17)22-21(20)19-8-5-13-31-19/h2-14,24H,1H3,(H,23,26). The van der Waals surface area contributed by atoms with E-state index in [2.05, 4.69) is 9.82 Å². The van der Waals surface area contributed by atoms with Crippen LogP contribution in [-0.4, -0.2) is 32.5 Å². The molecule has 2 heterocycles. The molecule has 170 valence electrons. The van der Waals surface area contributed by atoms with Gasteiger partial charge in [-0.3, -0.25) is 9.52 Å². The van der Waals surface area contributed by atoms with Crippen molar-refractivity contribution in [2.45, 2.75) is 16.7 Å². The number of hydrogen-bond acceptors (Lipinski definition) is 7.